The van der Waals surface area contributed by atoms with Crippen molar-refractivity contribution in [2.75, 3.05) is 5.32 Å². The second-order valence-corrected chi connectivity index (χ2v) is 7.31. The highest BCUT2D eigenvalue weighted by atomic mass is 32.1. The van der Waals surface area contributed by atoms with Crippen molar-refractivity contribution in [3.63, 3.8) is 0 Å². The third kappa shape index (κ3) is 3.88. The number of amides is 2. The molecule has 0 fully saturated rings. The molecule has 0 radical (unpaired) electrons. The monoisotopic (exact) mass is 357 g/mol. The molecule has 1 unspecified atom stereocenters. The minimum Gasteiger partial charge on any atom is -0.459 e. The van der Waals surface area contributed by atoms with E-state index in [-0.39, 0.29) is 17.6 Å². The van der Waals surface area contributed by atoms with E-state index in [2.05, 4.69) is 15.6 Å². The molecule has 6 nitrogen and oxygen atoms in total. The van der Waals surface area contributed by atoms with E-state index in [1.54, 1.807) is 23.5 Å². The Hall–Kier alpha value is -2.67. The van der Waals surface area contributed by atoms with E-state index in [0.717, 1.165) is 15.2 Å². The van der Waals surface area contributed by atoms with Gasteiger partial charge in [-0.25, -0.2) is 4.98 Å². The molecule has 0 saturated carbocycles. The van der Waals surface area contributed by atoms with Crippen molar-refractivity contribution in [3.05, 3.63) is 47.4 Å². The first kappa shape index (κ1) is 17.2. The molecule has 3 aromatic rings. The predicted octanol–water partition coefficient (Wildman–Crippen LogP) is 3.59. The van der Waals surface area contributed by atoms with E-state index in [4.69, 9.17) is 4.42 Å². The molecule has 25 heavy (non-hydrogen) atoms. The minimum absolute atomic E-state index is 0.0757. The lowest BCUT2D eigenvalue weighted by atomic mass is 10.0. The van der Waals surface area contributed by atoms with Crippen molar-refractivity contribution >= 4 is 39.1 Å². The number of aryl methyl sites for hydroxylation is 1. The smallest absolute Gasteiger partial charge is 0.287 e. The normalized spacial score (nSPS) is 12.3. The van der Waals surface area contributed by atoms with Gasteiger partial charge < -0.3 is 15.1 Å². The predicted molar refractivity (Wildman–Crippen MR) is 97.8 cm³/mol. The zero-order chi connectivity index (χ0) is 18.0. The van der Waals surface area contributed by atoms with E-state index in [1.807, 2.05) is 39.0 Å². The Kier molecular flexibility index (Phi) is 4.85. The summed E-state index contributed by atoms with van der Waals surface area (Å²) in [6.45, 7) is 5.70. The maximum atomic E-state index is 12.6. The summed E-state index contributed by atoms with van der Waals surface area (Å²) in [7, 11) is 0. The molecule has 1 atom stereocenters. The lowest BCUT2D eigenvalue weighted by molar-refractivity contribution is -0.118. The Balaban J connectivity index is 1.74. The zero-order valence-electron chi connectivity index (χ0n) is 14.2. The molecule has 1 aromatic carbocycles. The molecule has 130 valence electrons. The number of nitrogens with one attached hydrogen (secondary N) is 2. The van der Waals surface area contributed by atoms with E-state index >= 15 is 0 Å². The third-order valence-electron chi connectivity index (χ3n) is 3.74. The summed E-state index contributed by atoms with van der Waals surface area (Å²) in [4.78, 5) is 29.2. The summed E-state index contributed by atoms with van der Waals surface area (Å²) in [6, 6.07) is 8.10. The number of benzene rings is 1. The summed E-state index contributed by atoms with van der Waals surface area (Å²) < 4.78 is 6.09. The quantitative estimate of drug-likeness (QED) is 0.731. The molecule has 2 aromatic heterocycles. The average molecular weight is 357 g/mol. The van der Waals surface area contributed by atoms with Crippen LogP contribution >= 0.6 is 11.3 Å². The van der Waals surface area contributed by atoms with Crippen LogP contribution in [0.15, 0.2) is 41.0 Å². The Morgan fingerprint density at radius 3 is 2.72 bits per heavy atom. The summed E-state index contributed by atoms with van der Waals surface area (Å²) in [5.74, 6) is -0.573. The van der Waals surface area contributed by atoms with Crippen molar-refractivity contribution in [1.29, 1.82) is 0 Å². The topological polar surface area (TPSA) is 84.2 Å². The van der Waals surface area contributed by atoms with Gasteiger partial charge in [0.25, 0.3) is 5.91 Å². The number of aromatic nitrogens is 1. The number of hydrogen-bond acceptors (Lipinski definition) is 5. The summed E-state index contributed by atoms with van der Waals surface area (Å²) in [5.41, 5.74) is 1.59. The van der Waals surface area contributed by atoms with Gasteiger partial charge in [0.1, 0.15) is 6.04 Å². The summed E-state index contributed by atoms with van der Waals surface area (Å²) >= 11 is 1.57. The molecule has 0 spiro atoms. The molecule has 7 heteroatoms. The van der Waals surface area contributed by atoms with Crippen LogP contribution in [-0.2, 0) is 4.79 Å². The number of carbonyl (C=O) groups is 2. The molecular weight excluding hydrogens is 338 g/mol. The second-order valence-electron chi connectivity index (χ2n) is 6.08. The molecule has 2 amide bonds. The largest absolute Gasteiger partial charge is 0.459 e. The van der Waals surface area contributed by atoms with Gasteiger partial charge in [0.05, 0.1) is 21.5 Å². The maximum Gasteiger partial charge on any atom is 0.287 e. The Morgan fingerprint density at radius 1 is 1.24 bits per heavy atom. The van der Waals surface area contributed by atoms with Crippen LogP contribution in [0.5, 0.6) is 0 Å². The van der Waals surface area contributed by atoms with Crippen LogP contribution in [0.1, 0.15) is 29.4 Å². The molecule has 0 aliphatic heterocycles. The van der Waals surface area contributed by atoms with Crippen LogP contribution in [0, 0.1) is 12.8 Å². The standard InChI is InChI=1S/C18H19N3O3S/c1-10(2)16(21-17(22)14-5-4-8-24-14)18(23)20-12-6-7-13-15(9-12)25-11(3)19-13/h4-10,16H,1-3H3,(H,20,23)(H,21,22). The van der Waals surface area contributed by atoms with Crippen LogP contribution in [0.25, 0.3) is 10.2 Å². The number of hydrogen-bond donors (Lipinski definition) is 2. The number of nitrogens with zero attached hydrogens (tertiary/aromatic N) is 1. The fraction of sp³-hybridized carbons (Fsp3) is 0.278. The van der Waals surface area contributed by atoms with Crippen LogP contribution in [-0.4, -0.2) is 22.8 Å². The summed E-state index contributed by atoms with van der Waals surface area (Å²) in [6.07, 6.45) is 1.42. The van der Waals surface area contributed by atoms with Gasteiger partial charge in [0.2, 0.25) is 5.91 Å². The van der Waals surface area contributed by atoms with Gasteiger partial charge in [-0.3, -0.25) is 9.59 Å². The van der Waals surface area contributed by atoms with E-state index in [1.165, 1.54) is 6.26 Å². The maximum absolute atomic E-state index is 12.6. The highest BCUT2D eigenvalue weighted by molar-refractivity contribution is 7.18. The molecule has 3 rings (SSSR count). The molecule has 0 saturated heterocycles. The van der Waals surface area contributed by atoms with Crippen molar-refractivity contribution in [2.45, 2.75) is 26.8 Å². The molecule has 0 bridgehead atoms. The van der Waals surface area contributed by atoms with E-state index in [9.17, 15) is 9.59 Å². The Bertz CT molecular complexity index is 900. The fourth-order valence-corrected chi connectivity index (χ4v) is 3.36. The van der Waals surface area contributed by atoms with Gasteiger partial charge in [-0.2, -0.15) is 0 Å². The van der Waals surface area contributed by atoms with Crippen molar-refractivity contribution in [1.82, 2.24) is 10.3 Å². The van der Waals surface area contributed by atoms with Gasteiger partial charge in [-0.15, -0.1) is 11.3 Å². The van der Waals surface area contributed by atoms with Gasteiger partial charge in [-0.1, -0.05) is 13.8 Å². The fourth-order valence-electron chi connectivity index (χ4n) is 2.49. The summed E-state index contributed by atoms with van der Waals surface area (Å²) in [5, 5.41) is 6.57. The first-order valence-electron chi connectivity index (χ1n) is 7.96. The molecule has 0 aliphatic carbocycles. The number of furan rings is 1. The number of carbonyl (C=O) groups excluding carboxylic acids is 2. The second kappa shape index (κ2) is 7.06. The van der Waals surface area contributed by atoms with Gasteiger partial charge in [0, 0.05) is 5.69 Å². The van der Waals surface area contributed by atoms with Crippen LogP contribution in [0.2, 0.25) is 0 Å². The molecule has 0 aliphatic rings. The SMILES string of the molecule is Cc1nc2ccc(NC(=O)C(NC(=O)c3ccco3)C(C)C)cc2s1. The molecule has 2 N–H and O–H groups in total. The Labute approximate surface area is 149 Å². The highest BCUT2D eigenvalue weighted by Crippen LogP contribution is 2.25. The first-order valence-corrected chi connectivity index (χ1v) is 8.78. The van der Waals surface area contributed by atoms with Gasteiger partial charge in [-0.05, 0) is 43.2 Å². The van der Waals surface area contributed by atoms with Crippen LogP contribution < -0.4 is 10.6 Å². The highest BCUT2D eigenvalue weighted by Gasteiger charge is 2.25. The van der Waals surface area contributed by atoms with Crippen molar-refractivity contribution in [3.8, 4) is 0 Å². The minimum atomic E-state index is -0.670. The lowest BCUT2D eigenvalue weighted by Crippen LogP contribution is -2.47. The zero-order valence-corrected chi connectivity index (χ0v) is 15.0. The lowest BCUT2D eigenvalue weighted by Gasteiger charge is -2.21. The van der Waals surface area contributed by atoms with Crippen LogP contribution in [0.3, 0.4) is 0 Å². The van der Waals surface area contributed by atoms with E-state index < -0.39 is 11.9 Å². The third-order valence-corrected chi connectivity index (χ3v) is 4.68. The molecular formula is C18H19N3O3S. The van der Waals surface area contributed by atoms with Crippen LogP contribution in [0.4, 0.5) is 5.69 Å². The van der Waals surface area contributed by atoms with Crippen molar-refractivity contribution in [2.24, 2.45) is 5.92 Å². The van der Waals surface area contributed by atoms with Gasteiger partial charge >= 0.3 is 0 Å². The van der Waals surface area contributed by atoms with E-state index in [0.29, 0.717) is 5.69 Å². The number of anilines is 1. The Morgan fingerprint density at radius 2 is 2.04 bits per heavy atom. The molecule has 2 heterocycles. The van der Waals surface area contributed by atoms with Crippen molar-refractivity contribution < 1.29 is 14.0 Å². The average Bonchev–Trinajstić information content (AvgIpc) is 3.20. The number of thiazole rings is 1. The number of fused-ring (bicyclic) bond motifs is 1. The number of rotatable bonds is 5. The first-order chi connectivity index (χ1) is 11.9. The van der Waals surface area contributed by atoms with Gasteiger partial charge in [0.15, 0.2) is 5.76 Å².